The maximum Gasteiger partial charge on any atom is 0.251 e. The molecule has 2 N–H and O–H groups in total. The number of aryl methyl sites for hydroxylation is 3. The molecule has 3 aromatic rings. The van der Waals surface area contributed by atoms with E-state index in [4.69, 9.17) is 5.73 Å². The molecule has 0 unspecified atom stereocenters. The van der Waals surface area contributed by atoms with Gasteiger partial charge >= 0.3 is 0 Å². The van der Waals surface area contributed by atoms with Crippen molar-refractivity contribution in [2.75, 3.05) is 0 Å². The molecule has 0 saturated carbocycles. The van der Waals surface area contributed by atoms with E-state index in [-0.39, 0.29) is 0 Å². The molecule has 0 fully saturated rings. The van der Waals surface area contributed by atoms with Crippen LogP contribution >= 0.6 is 0 Å². The quantitative estimate of drug-likeness (QED) is 0.782. The van der Waals surface area contributed by atoms with Gasteiger partial charge in [-0.3, -0.25) is 14.2 Å². The summed E-state index contributed by atoms with van der Waals surface area (Å²) in [5.74, 6) is -0.460. The second kappa shape index (κ2) is 6.31. The van der Waals surface area contributed by atoms with E-state index in [1.807, 2.05) is 11.6 Å². The molecule has 2 heterocycles. The van der Waals surface area contributed by atoms with Gasteiger partial charge in [-0.05, 0) is 43.5 Å². The molecule has 0 aliphatic carbocycles. The van der Waals surface area contributed by atoms with E-state index < -0.39 is 5.91 Å². The maximum absolute atomic E-state index is 11.1. The molecule has 0 atom stereocenters. The van der Waals surface area contributed by atoms with Crippen molar-refractivity contribution >= 4 is 5.91 Å². The van der Waals surface area contributed by atoms with Gasteiger partial charge in [-0.2, -0.15) is 10.2 Å². The minimum absolute atomic E-state index is 0.425. The van der Waals surface area contributed by atoms with Crippen molar-refractivity contribution in [3.05, 3.63) is 70.3 Å². The summed E-state index contributed by atoms with van der Waals surface area (Å²) >= 11 is 0. The first kappa shape index (κ1) is 16.0. The topological polar surface area (TPSA) is 78.7 Å². The Morgan fingerprint density at radius 2 is 1.96 bits per heavy atom. The van der Waals surface area contributed by atoms with Crippen molar-refractivity contribution in [3.8, 4) is 0 Å². The monoisotopic (exact) mass is 323 g/mol. The van der Waals surface area contributed by atoms with Crippen molar-refractivity contribution in [2.45, 2.75) is 33.9 Å². The number of benzene rings is 1. The number of hydrogen-bond donors (Lipinski definition) is 1. The smallest absolute Gasteiger partial charge is 0.251 e. The van der Waals surface area contributed by atoms with Crippen LogP contribution in [0.1, 0.15) is 38.4 Å². The average molecular weight is 323 g/mol. The Hall–Kier alpha value is -2.89. The van der Waals surface area contributed by atoms with Crippen LogP contribution in [0, 0.1) is 20.8 Å². The number of aromatic nitrogens is 4. The van der Waals surface area contributed by atoms with Gasteiger partial charge in [-0.25, -0.2) is 0 Å². The molecule has 6 heteroatoms. The molecule has 0 saturated heterocycles. The molecule has 1 amide bonds. The van der Waals surface area contributed by atoms with Gasteiger partial charge in [0.25, 0.3) is 5.91 Å². The van der Waals surface area contributed by atoms with Gasteiger partial charge in [-0.15, -0.1) is 0 Å². The number of nitrogens with zero attached hydrogens (tertiary/aromatic N) is 4. The number of rotatable bonds is 5. The Kier molecular flexibility index (Phi) is 4.20. The second-order valence-electron chi connectivity index (χ2n) is 6.14. The normalized spacial score (nSPS) is 11.0. The molecular weight excluding hydrogens is 302 g/mol. The minimum atomic E-state index is -0.460. The van der Waals surface area contributed by atoms with Crippen molar-refractivity contribution in [1.82, 2.24) is 19.6 Å². The van der Waals surface area contributed by atoms with E-state index in [1.165, 1.54) is 17.3 Å². The Bertz CT molecular complexity index is 891. The summed E-state index contributed by atoms with van der Waals surface area (Å²) in [6.07, 6.45) is 3.17. The third kappa shape index (κ3) is 3.37. The highest BCUT2D eigenvalue weighted by Crippen LogP contribution is 2.15. The fourth-order valence-electron chi connectivity index (χ4n) is 2.79. The van der Waals surface area contributed by atoms with E-state index in [0.717, 1.165) is 23.5 Å². The summed E-state index contributed by atoms with van der Waals surface area (Å²) in [6, 6.07) is 8.46. The van der Waals surface area contributed by atoms with Crippen LogP contribution in [0.5, 0.6) is 0 Å². The molecule has 6 nitrogen and oxygen atoms in total. The highest BCUT2D eigenvalue weighted by molar-refractivity contribution is 5.92. The third-order valence-electron chi connectivity index (χ3n) is 4.09. The van der Waals surface area contributed by atoms with E-state index in [2.05, 4.69) is 48.3 Å². The van der Waals surface area contributed by atoms with Crippen LogP contribution in [0.25, 0.3) is 0 Å². The zero-order valence-corrected chi connectivity index (χ0v) is 14.2. The number of hydrogen-bond acceptors (Lipinski definition) is 3. The van der Waals surface area contributed by atoms with Gasteiger partial charge < -0.3 is 5.73 Å². The molecule has 124 valence electrons. The minimum Gasteiger partial charge on any atom is -0.366 e. The molecule has 0 spiro atoms. The number of carbonyl (C=O) groups is 1. The predicted molar refractivity (Wildman–Crippen MR) is 91.8 cm³/mol. The second-order valence-corrected chi connectivity index (χ2v) is 6.14. The van der Waals surface area contributed by atoms with E-state index in [9.17, 15) is 4.79 Å². The summed E-state index contributed by atoms with van der Waals surface area (Å²) in [7, 11) is 0. The third-order valence-corrected chi connectivity index (χ3v) is 4.09. The maximum atomic E-state index is 11.1. The highest BCUT2D eigenvalue weighted by Gasteiger charge is 2.07. The zero-order valence-electron chi connectivity index (χ0n) is 14.2. The van der Waals surface area contributed by atoms with Gasteiger partial charge in [0.05, 0.1) is 30.5 Å². The molecule has 0 aliphatic rings. The predicted octanol–water partition coefficient (Wildman–Crippen LogP) is 2.20. The van der Waals surface area contributed by atoms with Crippen molar-refractivity contribution < 1.29 is 4.79 Å². The molecule has 1 aromatic carbocycles. The van der Waals surface area contributed by atoms with Gasteiger partial charge in [0.2, 0.25) is 0 Å². The van der Waals surface area contributed by atoms with E-state index in [0.29, 0.717) is 12.1 Å². The fourth-order valence-corrected chi connectivity index (χ4v) is 2.79. The van der Waals surface area contributed by atoms with Gasteiger partial charge in [-0.1, -0.05) is 18.2 Å². The average Bonchev–Trinajstić information content (AvgIpc) is 3.09. The fraction of sp³-hybridized carbons (Fsp3) is 0.278. The lowest BCUT2D eigenvalue weighted by Gasteiger charge is -2.10. The van der Waals surface area contributed by atoms with E-state index in [1.54, 1.807) is 10.9 Å². The Morgan fingerprint density at radius 1 is 1.17 bits per heavy atom. The largest absolute Gasteiger partial charge is 0.366 e. The van der Waals surface area contributed by atoms with Gasteiger partial charge in [0.15, 0.2) is 0 Å². The number of carbonyl (C=O) groups excluding carboxylic acids is 1. The molecule has 3 rings (SSSR count). The van der Waals surface area contributed by atoms with Crippen LogP contribution in [-0.4, -0.2) is 25.5 Å². The molecule has 0 aliphatic heterocycles. The summed E-state index contributed by atoms with van der Waals surface area (Å²) in [5, 5.41) is 8.68. The molecule has 0 bridgehead atoms. The zero-order chi connectivity index (χ0) is 17.3. The first-order valence-electron chi connectivity index (χ1n) is 7.84. The van der Waals surface area contributed by atoms with Crippen LogP contribution in [0.3, 0.4) is 0 Å². The van der Waals surface area contributed by atoms with Gasteiger partial charge in [0.1, 0.15) is 0 Å². The summed E-state index contributed by atoms with van der Waals surface area (Å²) < 4.78 is 3.74. The van der Waals surface area contributed by atoms with E-state index >= 15 is 0 Å². The Balaban J connectivity index is 1.76. The standard InChI is InChI=1S/C18H21N5O/c1-12-6-15(9-23-14(3)7-13(2)21-23)4-5-16(12)10-22-11-17(8-20-22)18(19)24/h4-8,11H,9-10H2,1-3H3,(H2,19,24). The summed E-state index contributed by atoms with van der Waals surface area (Å²) in [5.41, 5.74) is 11.4. The van der Waals surface area contributed by atoms with Crippen molar-refractivity contribution in [1.29, 1.82) is 0 Å². The lowest BCUT2D eigenvalue weighted by atomic mass is 10.0. The SMILES string of the molecule is Cc1cc(C)n(Cc2ccc(Cn3cc(C(N)=O)cn3)c(C)c2)n1. The van der Waals surface area contributed by atoms with Crippen LogP contribution in [0.4, 0.5) is 0 Å². The molecular formula is C18H21N5O. The Labute approximate surface area is 140 Å². The first-order valence-corrected chi connectivity index (χ1v) is 7.84. The highest BCUT2D eigenvalue weighted by atomic mass is 16.1. The van der Waals surface area contributed by atoms with Crippen molar-refractivity contribution in [3.63, 3.8) is 0 Å². The number of amides is 1. The molecule has 2 aromatic heterocycles. The first-order chi connectivity index (χ1) is 11.4. The van der Waals surface area contributed by atoms with Gasteiger partial charge in [0, 0.05) is 11.9 Å². The molecule has 0 radical (unpaired) electrons. The Morgan fingerprint density at radius 3 is 2.54 bits per heavy atom. The number of nitrogens with two attached hydrogens (primary N) is 1. The van der Waals surface area contributed by atoms with Crippen molar-refractivity contribution in [2.24, 2.45) is 5.73 Å². The van der Waals surface area contributed by atoms with Crippen LogP contribution < -0.4 is 5.73 Å². The summed E-state index contributed by atoms with van der Waals surface area (Å²) in [6.45, 7) is 7.52. The lowest BCUT2D eigenvalue weighted by molar-refractivity contribution is 0.1000. The van der Waals surface area contributed by atoms with Crippen LogP contribution in [-0.2, 0) is 13.1 Å². The number of primary amides is 1. The van der Waals surface area contributed by atoms with Crippen LogP contribution in [0.15, 0.2) is 36.7 Å². The molecule has 24 heavy (non-hydrogen) atoms. The summed E-state index contributed by atoms with van der Waals surface area (Å²) in [4.78, 5) is 11.1. The lowest BCUT2D eigenvalue weighted by Crippen LogP contribution is -2.10. The van der Waals surface area contributed by atoms with Crippen LogP contribution in [0.2, 0.25) is 0 Å².